The zero-order valence-electron chi connectivity index (χ0n) is 28.1. The number of methoxy groups -OCH3 is 1. The minimum absolute atomic E-state index is 0.0993. The summed E-state index contributed by atoms with van der Waals surface area (Å²) in [6.07, 6.45) is 2.24. The molecule has 262 valence electrons. The molecule has 2 aliphatic heterocycles. The van der Waals surface area contributed by atoms with E-state index in [-0.39, 0.29) is 36.0 Å². The van der Waals surface area contributed by atoms with E-state index in [1.807, 2.05) is 36.4 Å². The van der Waals surface area contributed by atoms with E-state index in [9.17, 15) is 24.3 Å². The van der Waals surface area contributed by atoms with Crippen LogP contribution in [0.1, 0.15) is 47.2 Å². The highest BCUT2D eigenvalue weighted by Crippen LogP contribution is 2.66. The van der Waals surface area contributed by atoms with Gasteiger partial charge in [-0.25, -0.2) is 4.90 Å². The number of ether oxygens (including phenoxy) is 1. The number of phenols is 1. The number of Topliss-reactive ketones (excluding diaryl/α,β-unsaturated/α-hetero) is 1. The van der Waals surface area contributed by atoms with E-state index in [4.69, 9.17) is 16.3 Å². The van der Waals surface area contributed by atoms with Gasteiger partial charge in [-0.05, 0) is 85.8 Å². The molecule has 2 saturated heterocycles. The second-order valence-corrected chi connectivity index (χ2v) is 15.1. The first kappa shape index (κ1) is 34.0. The summed E-state index contributed by atoms with van der Waals surface area (Å²) >= 11 is 9.97. The molecule has 6 unspecified atom stereocenters. The van der Waals surface area contributed by atoms with E-state index in [0.717, 1.165) is 0 Å². The van der Waals surface area contributed by atoms with Crippen LogP contribution in [0.5, 0.6) is 11.5 Å². The summed E-state index contributed by atoms with van der Waals surface area (Å²) in [6.45, 7) is 1.44. The van der Waals surface area contributed by atoms with Crippen molar-refractivity contribution >= 4 is 68.3 Å². The Balaban J connectivity index is 1.36. The number of allylic oxidation sites excluding steroid dienone is 2. The van der Waals surface area contributed by atoms with Gasteiger partial charge < -0.3 is 9.84 Å². The molecule has 52 heavy (non-hydrogen) atoms. The summed E-state index contributed by atoms with van der Waals surface area (Å²) < 4.78 is 6.15. The van der Waals surface area contributed by atoms with Gasteiger partial charge in [0.1, 0.15) is 0 Å². The Bertz CT molecular complexity index is 2240. The normalized spacial score (nSPS) is 26.5. The van der Waals surface area contributed by atoms with Crippen LogP contribution in [-0.2, 0) is 24.6 Å². The molecular weight excluding hydrogens is 748 g/mol. The minimum Gasteiger partial charge on any atom is -0.504 e. The van der Waals surface area contributed by atoms with Gasteiger partial charge in [0.2, 0.25) is 23.6 Å². The fourth-order valence-electron chi connectivity index (χ4n) is 9.16. The van der Waals surface area contributed by atoms with Gasteiger partial charge in [-0.3, -0.25) is 28.9 Å². The zero-order valence-corrected chi connectivity index (χ0v) is 30.4. The standard InChI is InChI=1S/C41H32BrClN2O7/c1-21(46)22-11-13-26(14-12-22)44-37(48)29-16-15-28-30(34(29)39(44)50)20-32-38(49)45(27-10-6-9-25(43)19-27)40(51)41(32,23-7-4-3-5-8-23)35(28)31-17-24(42)18-33(52-2)36(31)47/h3-15,17-19,29-30,32,34-35,47H,16,20H2,1-2H3. The first-order valence-electron chi connectivity index (χ1n) is 16.9. The molecule has 1 saturated carbocycles. The lowest BCUT2D eigenvalue weighted by molar-refractivity contribution is -0.127. The minimum atomic E-state index is -1.56. The molecule has 2 aliphatic carbocycles. The van der Waals surface area contributed by atoms with Crippen LogP contribution >= 0.6 is 27.5 Å². The smallest absolute Gasteiger partial charge is 0.246 e. The topological polar surface area (TPSA) is 121 Å². The average Bonchev–Trinajstić information content (AvgIpc) is 3.53. The van der Waals surface area contributed by atoms with Gasteiger partial charge in [0.15, 0.2) is 17.3 Å². The van der Waals surface area contributed by atoms with E-state index < -0.39 is 52.7 Å². The number of hydrogen-bond donors (Lipinski definition) is 1. The maximum absolute atomic E-state index is 15.4. The number of halogens is 2. The Hall–Kier alpha value is -5.06. The molecule has 9 nitrogen and oxygen atoms in total. The van der Waals surface area contributed by atoms with Crippen LogP contribution in [0, 0.1) is 23.7 Å². The van der Waals surface area contributed by atoms with Crippen molar-refractivity contribution in [1.82, 2.24) is 0 Å². The summed E-state index contributed by atoms with van der Waals surface area (Å²) in [5.41, 5.74) is 1.17. The number of carbonyl (C=O) groups excluding carboxylic acids is 5. The summed E-state index contributed by atoms with van der Waals surface area (Å²) in [5.74, 6) is -6.02. The molecular formula is C41H32BrClN2O7. The second-order valence-electron chi connectivity index (χ2n) is 13.8. The lowest BCUT2D eigenvalue weighted by atomic mass is 9.49. The Labute approximate surface area is 312 Å². The molecule has 3 fully saturated rings. The largest absolute Gasteiger partial charge is 0.504 e. The van der Waals surface area contributed by atoms with Crippen molar-refractivity contribution in [3.8, 4) is 11.5 Å². The number of amides is 4. The van der Waals surface area contributed by atoms with Crippen molar-refractivity contribution in [2.24, 2.45) is 23.7 Å². The van der Waals surface area contributed by atoms with Crippen molar-refractivity contribution < 1.29 is 33.8 Å². The number of fused-ring (bicyclic) bond motifs is 4. The molecule has 4 aliphatic rings. The molecule has 1 N–H and O–H groups in total. The third-order valence-corrected chi connectivity index (χ3v) is 12.0. The first-order valence-corrected chi connectivity index (χ1v) is 18.1. The number of anilines is 2. The Morgan fingerprint density at radius 1 is 0.865 bits per heavy atom. The number of phenolic OH excluding ortho intramolecular Hbond substituents is 1. The molecule has 0 aromatic heterocycles. The molecule has 8 rings (SSSR count). The Morgan fingerprint density at radius 2 is 1.60 bits per heavy atom. The lowest BCUT2D eigenvalue weighted by Gasteiger charge is -2.50. The molecule has 2 heterocycles. The van der Waals surface area contributed by atoms with Gasteiger partial charge in [0.25, 0.3) is 0 Å². The third kappa shape index (κ3) is 4.84. The number of imide groups is 2. The average molecular weight is 780 g/mol. The number of benzene rings is 4. The molecule has 0 spiro atoms. The molecule has 4 amide bonds. The number of ketones is 1. The second kappa shape index (κ2) is 12.6. The van der Waals surface area contributed by atoms with Crippen LogP contribution < -0.4 is 14.5 Å². The van der Waals surface area contributed by atoms with Crippen molar-refractivity contribution in [1.29, 1.82) is 0 Å². The predicted octanol–water partition coefficient (Wildman–Crippen LogP) is 7.39. The van der Waals surface area contributed by atoms with Gasteiger partial charge in [-0.2, -0.15) is 0 Å². The van der Waals surface area contributed by atoms with E-state index in [2.05, 4.69) is 15.9 Å². The maximum atomic E-state index is 15.4. The Kier molecular flexibility index (Phi) is 8.23. The van der Waals surface area contributed by atoms with Crippen LogP contribution in [0.15, 0.2) is 107 Å². The quantitative estimate of drug-likeness (QED) is 0.123. The van der Waals surface area contributed by atoms with E-state index in [1.54, 1.807) is 60.7 Å². The van der Waals surface area contributed by atoms with E-state index >= 15 is 4.79 Å². The maximum Gasteiger partial charge on any atom is 0.246 e. The molecule has 4 aromatic rings. The van der Waals surface area contributed by atoms with Crippen molar-refractivity contribution in [2.45, 2.75) is 31.1 Å². The molecule has 4 aromatic carbocycles. The summed E-state index contributed by atoms with van der Waals surface area (Å²) in [5, 5.41) is 12.2. The SMILES string of the molecule is COc1cc(Br)cc(C2C3=CCC4C(=O)N(c5ccc(C(C)=O)cc5)C(=O)C4C3CC3C(=O)N(c4cccc(Cl)c4)C(=O)C32c2ccccc2)c1O. The van der Waals surface area contributed by atoms with Crippen molar-refractivity contribution in [3.05, 3.63) is 129 Å². The van der Waals surface area contributed by atoms with Crippen LogP contribution in [-0.4, -0.2) is 41.6 Å². The highest BCUT2D eigenvalue weighted by Gasteiger charge is 2.70. The van der Waals surface area contributed by atoms with Crippen LogP contribution in [0.25, 0.3) is 0 Å². The van der Waals surface area contributed by atoms with Gasteiger partial charge in [0, 0.05) is 26.5 Å². The number of nitrogens with zero attached hydrogens (tertiary/aromatic N) is 2. The summed E-state index contributed by atoms with van der Waals surface area (Å²) in [7, 11) is 1.43. The fourth-order valence-corrected chi connectivity index (χ4v) is 9.80. The van der Waals surface area contributed by atoms with Gasteiger partial charge in [-0.1, -0.05) is 75.6 Å². The molecule has 6 atom stereocenters. The zero-order chi connectivity index (χ0) is 36.6. The van der Waals surface area contributed by atoms with Gasteiger partial charge in [0.05, 0.1) is 41.7 Å². The van der Waals surface area contributed by atoms with Crippen LogP contribution in [0.4, 0.5) is 11.4 Å². The number of carbonyl (C=O) groups is 5. The number of aromatic hydroxyl groups is 1. The fraction of sp³-hybridized carbons (Fsp3) is 0.244. The number of hydrogen-bond acceptors (Lipinski definition) is 7. The predicted molar refractivity (Wildman–Crippen MR) is 197 cm³/mol. The van der Waals surface area contributed by atoms with Crippen molar-refractivity contribution in [2.75, 3.05) is 16.9 Å². The van der Waals surface area contributed by atoms with Crippen LogP contribution in [0.3, 0.4) is 0 Å². The highest BCUT2D eigenvalue weighted by atomic mass is 79.9. The van der Waals surface area contributed by atoms with Crippen molar-refractivity contribution in [3.63, 3.8) is 0 Å². The first-order chi connectivity index (χ1) is 25.0. The van der Waals surface area contributed by atoms with E-state index in [1.165, 1.54) is 23.8 Å². The lowest BCUT2D eigenvalue weighted by Crippen LogP contribution is -2.53. The Morgan fingerprint density at radius 3 is 2.27 bits per heavy atom. The summed E-state index contributed by atoms with van der Waals surface area (Å²) in [6, 6.07) is 25.4. The van der Waals surface area contributed by atoms with Crippen LogP contribution in [0.2, 0.25) is 5.02 Å². The third-order valence-electron chi connectivity index (χ3n) is 11.3. The molecule has 11 heteroatoms. The molecule has 0 radical (unpaired) electrons. The molecule has 0 bridgehead atoms. The summed E-state index contributed by atoms with van der Waals surface area (Å²) in [4.78, 5) is 73.3. The highest BCUT2D eigenvalue weighted by molar-refractivity contribution is 9.10. The van der Waals surface area contributed by atoms with E-state index in [0.29, 0.717) is 43.1 Å². The monoisotopic (exact) mass is 778 g/mol. The van der Waals surface area contributed by atoms with Gasteiger partial charge in [-0.15, -0.1) is 0 Å². The van der Waals surface area contributed by atoms with Gasteiger partial charge >= 0.3 is 0 Å². The number of rotatable bonds is 6.